The third-order valence-electron chi connectivity index (χ3n) is 5.79. The van der Waals surface area contributed by atoms with Crippen LogP contribution in [0.1, 0.15) is 51.1 Å². The fourth-order valence-electron chi connectivity index (χ4n) is 4.15. The van der Waals surface area contributed by atoms with Crippen molar-refractivity contribution in [1.29, 1.82) is 0 Å². The van der Waals surface area contributed by atoms with E-state index < -0.39 is 0 Å². The van der Waals surface area contributed by atoms with Gasteiger partial charge in [-0.05, 0) is 73.6 Å². The van der Waals surface area contributed by atoms with Crippen molar-refractivity contribution in [3.8, 4) is 5.75 Å². The molecule has 2 aliphatic rings. The van der Waals surface area contributed by atoms with E-state index in [1.807, 2.05) is 23.1 Å². The molecule has 0 aromatic heterocycles. The number of carbonyl (C=O) groups is 2. The lowest BCUT2D eigenvalue weighted by atomic mass is 10.0. The molecule has 1 fully saturated rings. The monoisotopic (exact) mass is 378 g/mol. The van der Waals surface area contributed by atoms with Crippen molar-refractivity contribution in [1.82, 2.24) is 10.2 Å². The van der Waals surface area contributed by atoms with E-state index in [4.69, 9.17) is 4.74 Å². The van der Waals surface area contributed by atoms with Gasteiger partial charge in [0.05, 0.1) is 7.11 Å². The summed E-state index contributed by atoms with van der Waals surface area (Å²) in [6, 6.07) is 13.4. The second kappa shape index (κ2) is 8.05. The molecule has 0 bridgehead atoms. The fourth-order valence-corrected chi connectivity index (χ4v) is 4.15. The second-order valence-corrected chi connectivity index (χ2v) is 7.61. The number of piperidine rings is 1. The van der Waals surface area contributed by atoms with Gasteiger partial charge in [-0.25, -0.2) is 0 Å². The summed E-state index contributed by atoms with van der Waals surface area (Å²) in [7, 11) is 1.59. The summed E-state index contributed by atoms with van der Waals surface area (Å²) < 4.78 is 5.18. The van der Waals surface area contributed by atoms with E-state index in [2.05, 4.69) is 17.4 Å². The first-order chi connectivity index (χ1) is 13.6. The van der Waals surface area contributed by atoms with Gasteiger partial charge in [0.25, 0.3) is 11.8 Å². The molecule has 28 heavy (non-hydrogen) atoms. The number of methoxy groups -OCH3 is 1. The molecule has 0 spiro atoms. The summed E-state index contributed by atoms with van der Waals surface area (Å²) in [5.74, 6) is 0.678. The average Bonchev–Trinajstić information content (AvgIpc) is 3.21. The molecule has 1 saturated heterocycles. The van der Waals surface area contributed by atoms with Crippen LogP contribution < -0.4 is 10.1 Å². The number of nitrogens with zero attached hydrogens (tertiary/aromatic N) is 1. The number of hydrogen-bond acceptors (Lipinski definition) is 3. The molecular weight excluding hydrogens is 352 g/mol. The molecule has 0 atom stereocenters. The Morgan fingerprint density at radius 1 is 1.00 bits per heavy atom. The number of ether oxygens (including phenoxy) is 1. The zero-order valence-corrected chi connectivity index (χ0v) is 16.2. The fraction of sp³-hybridized carbons (Fsp3) is 0.391. The average molecular weight is 378 g/mol. The molecule has 1 aliphatic heterocycles. The highest BCUT2D eigenvalue weighted by Gasteiger charge is 2.25. The largest absolute Gasteiger partial charge is 0.497 e. The Hall–Kier alpha value is -2.82. The molecule has 1 aliphatic carbocycles. The second-order valence-electron chi connectivity index (χ2n) is 7.61. The van der Waals surface area contributed by atoms with Gasteiger partial charge in [-0.3, -0.25) is 9.59 Å². The van der Waals surface area contributed by atoms with Crippen LogP contribution in [0.25, 0.3) is 0 Å². The molecule has 1 heterocycles. The summed E-state index contributed by atoms with van der Waals surface area (Å²) in [6.07, 6.45) is 4.93. The van der Waals surface area contributed by atoms with E-state index in [9.17, 15) is 9.59 Å². The summed E-state index contributed by atoms with van der Waals surface area (Å²) in [5.41, 5.74) is 4.09. The normalized spacial score (nSPS) is 16.5. The number of amides is 2. The molecule has 2 aromatic carbocycles. The van der Waals surface area contributed by atoms with Gasteiger partial charge in [0, 0.05) is 30.3 Å². The Bertz CT molecular complexity index is 885. The SMILES string of the molecule is COc1cccc(C(=O)NC2CCN(C(=O)c3ccc4c(c3)CCC4)CC2)c1. The van der Waals surface area contributed by atoms with Gasteiger partial charge in [-0.15, -0.1) is 0 Å². The number of benzene rings is 2. The van der Waals surface area contributed by atoms with E-state index in [0.29, 0.717) is 24.4 Å². The molecule has 0 saturated carbocycles. The zero-order chi connectivity index (χ0) is 19.5. The van der Waals surface area contributed by atoms with E-state index in [-0.39, 0.29) is 17.9 Å². The lowest BCUT2D eigenvalue weighted by molar-refractivity contribution is 0.0698. The van der Waals surface area contributed by atoms with E-state index >= 15 is 0 Å². The van der Waals surface area contributed by atoms with E-state index in [0.717, 1.165) is 31.2 Å². The van der Waals surface area contributed by atoms with Crippen molar-refractivity contribution in [2.45, 2.75) is 38.1 Å². The smallest absolute Gasteiger partial charge is 0.253 e. The Morgan fingerprint density at radius 3 is 2.57 bits per heavy atom. The third kappa shape index (κ3) is 3.88. The highest BCUT2D eigenvalue weighted by molar-refractivity contribution is 5.95. The van der Waals surface area contributed by atoms with Crippen molar-refractivity contribution in [3.63, 3.8) is 0 Å². The first-order valence-corrected chi connectivity index (χ1v) is 10.00. The van der Waals surface area contributed by atoms with Gasteiger partial charge in [0.1, 0.15) is 5.75 Å². The number of hydrogen-bond donors (Lipinski definition) is 1. The molecule has 4 rings (SSSR count). The standard InChI is InChI=1S/C23H26N2O3/c1-28-21-7-3-6-18(15-21)22(26)24-20-10-12-25(13-11-20)23(27)19-9-8-16-4-2-5-17(16)14-19/h3,6-9,14-15,20H,2,4-5,10-13H2,1H3,(H,24,26). The van der Waals surface area contributed by atoms with Gasteiger partial charge in [0.2, 0.25) is 0 Å². The highest BCUT2D eigenvalue weighted by atomic mass is 16.5. The minimum atomic E-state index is -0.0951. The Morgan fingerprint density at radius 2 is 1.79 bits per heavy atom. The van der Waals surface area contributed by atoms with E-state index in [1.165, 1.54) is 17.5 Å². The summed E-state index contributed by atoms with van der Waals surface area (Å²) in [5, 5.41) is 3.09. The molecule has 0 radical (unpaired) electrons. The van der Waals surface area contributed by atoms with Gasteiger partial charge >= 0.3 is 0 Å². The number of likely N-dealkylation sites (tertiary alicyclic amines) is 1. The Labute approximate surface area is 165 Å². The van der Waals surface area contributed by atoms with Crippen molar-refractivity contribution < 1.29 is 14.3 Å². The van der Waals surface area contributed by atoms with E-state index in [1.54, 1.807) is 19.2 Å². The van der Waals surface area contributed by atoms with Crippen LogP contribution in [0.15, 0.2) is 42.5 Å². The molecule has 146 valence electrons. The minimum Gasteiger partial charge on any atom is -0.497 e. The number of fused-ring (bicyclic) bond motifs is 1. The molecule has 5 heteroatoms. The van der Waals surface area contributed by atoms with Crippen molar-refractivity contribution in [2.24, 2.45) is 0 Å². The first-order valence-electron chi connectivity index (χ1n) is 10.00. The van der Waals surface area contributed by atoms with Crippen LogP contribution in [0.2, 0.25) is 0 Å². The van der Waals surface area contributed by atoms with Crippen LogP contribution in [0.3, 0.4) is 0 Å². The van der Waals surface area contributed by atoms with Crippen molar-refractivity contribution in [3.05, 3.63) is 64.7 Å². The number of nitrogens with one attached hydrogen (secondary N) is 1. The topological polar surface area (TPSA) is 58.6 Å². The number of carbonyl (C=O) groups excluding carboxylic acids is 2. The molecular formula is C23H26N2O3. The quantitative estimate of drug-likeness (QED) is 0.889. The maximum absolute atomic E-state index is 12.8. The number of aryl methyl sites for hydroxylation is 2. The van der Waals surface area contributed by atoms with Gasteiger partial charge in [-0.1, -0.05) is 12.1 Å². The first kappa shape index (κ1) is 18.5. The molecule has 2 amide bonds. The van der Waals surface area contributed by atoms with Crippen LogP contribution in [0.4, 0.5) is 0 Å². The Kier molecular flexibility index (Phi) is 5.33. The zero-order valence-electron chi connectivity index (χ0n) is 16.2. The molecule has 0 unspecified atom stereocenters. The third-order valence-corrected chi connectivity index (χ3v) is 5.79. The van der Waals surface area contributed by atoms with Crippen LogP contribution in [-0.4, -0.2) is 43.0 Å². The van der Waals surface area contributed by atoms with Crippen LogP contribution in [0.5, 0.6) is 5.75 Å². The lowest BCUT2D eigenvalue weighted by Crippen LogP contribution is -2.46. The predicted octanol–water partition coefficient (Wildman–Crippen LogP) is 3.22. The predicted molar refractivity (Wildman–Crippen MR) is 108 cm³/mol. The minimum absolute atomic E-state index is 0.0859. The van der Waals surface area contributed by atoms with Crippen LogP contribution in [-0.2, 0) is 12.8 Å². The highest BCUT2D eigenvalue weighted by Crippen LogP contribution is 2.24. The van der Waals surface area contributed by atoms with Gasteiger partial charge < -0.3 is 15.0 Å². The summed E-state index contributed by atoms with van der Waals surface area (Å²) in [6.45, 7) is 1.33. The Balaban J connectivity index is 1.33. The lowest BCUT2D eigenvalue weighted by Gasteiger charge is -2.32. The molecule has 5 nitrogen and oxygen atoms in total. The van der Waals surface area contributed by atoms with Gasteiger partial charge in [-0.2, -0.15) is 0 Å². The summed E-state index contributed by atoms with van der Waals surface area (Å²) >= 11 is 0. The van der Waals surface area contributed by atoms with Gasteiger partial charge in [0.15, 0.2) is 0 Å². The molecule has 2 aromatic rings. The van der Waals surface area contributed by atoms with Crippen LogP contribution in [0, 0.1) is 0 Å². The number of rotatable bonds is 4. The van der Waals surface area contributed by atoms with Crippen LogP contribution >= 0.6 is 0 Å². The van der Waals surface area contributed by atoms with Crippen molar-refractivity contribution in [2.75, 3.05) is 20.2 Å². The maximum atomic E-state index is 12.8. The maximum Gasteiger partial charge on any atom is 0.253 e. The van der Waals surface area contributed by atoms with Crippen molar-refractivity contribution >= 4 is 11.8 Å². The molecule has 1 N–H and O–H groups in total. The summed E-state index contributed by atoms with van der Waals surface area (Å²) in [4.78, 5) is 27.2.